The van der Waals surface area contributed by atoms with Gasteiger partial charge >= 0.3 is 5.69 Å². The Morgan fingerprint density at radius 3 is 2.50 bits per heavy atom. The lowest BCUT2D eigenvalue weighted by Crippen LogP contribution is -2.11. The molecule has 4 heteroatoms. The third-order valence-corrected chi connectivity index (χ3v) is 2.22. The lowest BCUT2D eigenvalue weighted by atomic mass is 10.1. The fourth-order valence-electron chi connectivity index (χ4n) is 1.46. The minimum Gasteiger partial charge on any atom is -0.310 e. The standard InChI is InChI=1S/C12H10N2O2/c1-8-6-11(14-12(16)13-8)10-4-2-9(7-15)3-5-10/h2-7H,1H3,(H,13,14,16). The van der Waals surface area contributed by atoms with Crippen LogP contribution in [-0.4, -0.2) is 16.3 Å². The summed E-state index contributed by atoms with van der Waals surface area (Å²) in [5, 5.41) is 0. The van der Waals surface area contributed by atoms with Crippen molar-refractivity contribution in [1.29, 1.82) is 0 Å². The van der Waals surface area contributed by atoms with Gasteiger partial charge in [-0.1, -0.05) is 24.3 Å². The summed E-state index contributed by atoms with van der Waals surface area (Å²) in [6.45, 7) is 1.80. The third kappa shape index (κ3) is 2.06. The number of H-pyrrole nitrogens is 1. The topological polar surface area (TPSA) is 62.8 Å². The van der Waals surface area contributed by atoms with E-state index in [0.29, 0.717) is 11.3 Å². The lowest BCUT2D eigenvalue weighted by molar-refractivity contribution is 0.112. The summed E-state index contributed by atoms with van der Waals surface area (Å²) in [7, 11) is 0. The zero-order chi connectivity index (χ0) is 11.5. The minimum atomic E-state index is -0.366. The molecule has 2 aromatic rings. The van der Waals surface area contributed by atoms with Crippen molar-refractivity contribution in [3.63, 3.8) is 0 Å². The molecule has 0 saturated heterocycles. The summed E-state index contributed by atoms with van der Waals surface area (Å²) in [6.07, 6.45) is 0.778. The van der Waals surface area contributed by atoms with Crippen LogP contribution in [0.15, 0.2) is 35.1 Å². The number of rotatable bonds is 2. The number of aldehydes is 1. The van der Waals surface area contributed by atoms with E-state index in [9.17, 15) is 9.59 Å². The van der Waals surface area contributed by atoms with Crippen molar-refractivity contribution in [2.24, 2.45) is 0 Å². The van der Waals surface area contributed by atoms with Crippen LogP contribution in [0.25, 0.3) is 11.3 Å². The Morgan fingerprint density at radius 1 is 1.25 bits per heavy atom. The first kappa shape index (κ1) is 10.3. The van der Waals surface area contributed by atoms with Crippen LogP contribution in [-0.2, 0) is 0 Å². The first-order valence-corrected chi connectivity index (χ1v) is 4.82. The van der Waals surface area contributed by atoms with E-state index in [4.69, 9.17) is 0 Å². The van der Waals surface area contributed by atoms with Crippen LogP contribution in [0, 0.1) is 6.92 Å². The highest BCUT2D eigenvalue weighted by Gasteiger charge is 2.01. The van der Waals surface area contributed by atoms with Crippen molar-refractivity contribution in [2.75, 3.05) is 0 Å². The van der Waals surface area contributed by atoms with Crippen LogP contribution < -0.4 is 5.69 Å². The number of hydrogen-bond donors (Lipinski definition) is 1. The lowest BCUT2D eigenvalue weighted by Gasteiger charge is -2.01. The van der Waals surface area contributed by atoms with Gasteiger partial charge in [0.2, 0.25) is 0 Å². The number of hydrogen-bond acceptors (Lipinski definition) is 3. The van der Waals surface area contributed by atoms with Crippen LogP contribution in [0.3, 0.4) is 0 Å². The molecule has 16 heavy (non-hydrogen) atoms. The molecule has 0 saturated carbocycles. The van der Waals surface area contributed by atoms with Crippen LogP contribution >= 0.6 is 0 Å². The molecule has 1 heterocycles. The fraction of sp³-hybridized carbons (Fsp3) is 0.0833. The molecule has 2 rings (SSSR count). The van der Waals surface area contributed by atoms with Crippen LogP contribution in [0.2, 0.25) is 0 Å². The van der Waals surface area contributed by atoms with Gasteiger partial charge in [0.25, 0.3) is 0 Å². The van der Waals surface area contributed by atoms with Gasteiger partial charge in [-0.3, -0.25) is 4.79 Å². The van der Waals surface area contributed by atoms with E-state index in [1.54, 1.807) is 37.3 Å². The van der Waals surface area contributed by atoms with Gasteiger partial charge in [0.1, 0.15) is 6.29 Å². The maximum absolute atomic E-state index is 11.2. The molecule has 80 valence electrons. The highest BCUT2D eigenvalue weighted by atomic mass is 16.1. The zero-order valence-corrected chi connectivity index (χ0v) is 8.73. The number of carbonyl (C=O) groups is 1. The van der Waals surface area contributed by atoms with Crippen LogP contribution in [0.1, 0.15) is 16.1 Å². The molecule has 0 aliphatic rings. The van der Waals surface area contributed by atoms with E-state index in [0.717, 1.165) is 17.5 Å². The maximum atomic E-state index is 11.2. The monoisotopic (exact) mass is 214 g/mol. The van der Waals surface area contributed by atoms with Gasteiger partial charge in [-0.25, -0.2) is 4.79 Å². The second-order valence-corrected chi connectivity index (χ2v) is 3.49. The first-order valence-electron chi connectivity index (χ1n) is 4.82. The van der Waals surface area contributed by atoms with Gasteiger partial charge in [-0.05, 0) is 13.0 Å². The molecule has 0 fully saturated rings. The van der Waals surface area contributed by atoms with E-state index in [1.807, 2.05) is 0 Å². The number of aromatic amines is 1. The van der Waals surface area contributed by atoms with E-state index in [-0.39, 0.29) is 5.69 Å². The summed E-state index contributed by atoms with van der Waals surface area (Å²) < 4.78 is 0. The highest BCUT2D eigenvalue weighted by molar-refractivity contribution is 5.76. The molecule has 0 spiro atoms. The normalized spacial score (nSPS) is 10.1. The number of nitrogens with one attached hydrogen (secondary N) is 1. The van der Waals surface area contributed by atoms with Crippen molar-refractivity contribution in [2.45, 2.75) is 6.92 Å². The number of aromatic nitrogens is 2. The molecule has 0 aliphatic carbocycles. The largest absolute Gasteiger partial charge is 0.345 e. The van der Waals surface area contributed by atoms with E-state index < -0.39 is 0 Å². The zero-order valence-electron chi connectivity index (χ0n) is 8.73. The molecule has 0 bridgehead atoms. The summed E-state index contributed by atoms with van der Waals surface area (Å²) in [6, 6.07) is 8.72. The predicted octanol–water partition coefficient (Wildman–Crippen LogP) is 1.56. The van der Waals surface area contributed by atoms with Crippen molar-refractivity contribution in [1.82, 2.24) is 9.97 Å². The Kier molecular flexibility index (Phi) is 2.64. The Morgan fingerprint density at radius 2 is 1.94 bits per heavy atom. The summed E-state index contributed by atoms with van der Waals surface area (Å²) in [5.41, 5.74) is 2.42. The number of nitrogens with zero attached hydrogens (tertiary/aromatic N) is 1. The highest BCUT2D eigenvalue weighted by Crippen LogP contribution is 2.15. The molecule has 1 aromatic heterocycles. The summed E-state index contributed by atoms with van der Waals surface area (Å²) in [5.74, 6) is 0. The van der Waals surface area contributed by atoms with Crippen molar-refractivity contribution in [3.8, 4) is 11.3 Å². The van der Waals surface area contributed by atoms with Gasteiger partial charge in [-0.15, -0.1) is 0 Å². The minimum absolute atomic E-state index is 0.366. The van der Waals surface area contributed by atoms with Gasteiger partial charge in [-0.2, -0.15) is 4.98 Å². The summed E-state index contributed by atoms with van der Waals surface area (Å²) >= 11 is 0. The Bertz CT molecular complexity index is 570. The number of aryl methyl sites for hydroxylation is 1. The third-order valence-electron chi connectivity index (χ3n) is 2.22. The van der Waals surface area contributed by atoms with E-state index in [2.05, 4.69) is 9.97 Å². The number of benzene rings is 1. The Hall–Kier alpha value is -2.23. The van der Waals surface area contributed by atoms with E-state index in [1.165, 1.54) is 0 Å². The molecular weight excluding hydrogens is 204 g/mol. The SMILES string of the molecule is Cc1cc(-c2ccc(C=O)cc2)nc(=O)[nH]1. The second kappa shape index (κ2) is 4.10. The van der Waals surface area contributed by atoms with Crippen LogP contribution in [0.5, 0.6) is 0 Å². The van der Waals surface area contributed by atoms with E-state index >= 15 is 0 Å². The predicted molar refractivity (Wildman–Crippen MR) is 60.4 cm³/mol. The summed E-state index contributed by atoms with van der Waals surface area (Å²) in [4.78, 5) is 28.1. The smallest absolute Gasteiger partial charge is 0.310 e. The molecule has 1 aromatic carbocycles. The van der Waals surface area contributed by atoms with Crippen molar-refractivity contribution < 1.29 is 4.79 Å². The molecule has 0 amide bonds. The van der Waals surface area contributed by atoms with Crippen LogP contribution in [0.4, 0.5) is 0 Å². The van der Waals surface area contributed by atoms with Gasteiger partial charge < -0.3 is 4.98 Å². The molecule has 1 N–H and O–H groups in total. The fourth-order valence-corrected chi connectivity index (χ4v) is 1.46. The Balaban J connectivity index is 2.49. The van der Waals surface area contributed by atoms with Gasteiger partial charge in [0.05, 0.1) is 5.69 Å². The van der Waals surface area contributed by atoms with Gasteiger partial charge in [0.15, 0.2) is 0 Å². The molecule has 0 radical (unpaired) electrons. The Labute approximate surface area is 92.0 Å². The molecule has 0 aliphatic heterocycles. The molecule has 0 atom stereocenters. The van der Waals surface area contributed by atoms with Gasteiger partial charge in [0, 0.05) is 16.8 Å². The molecule has 0 unspecified atom stereocenters. The molecule has 4 nitrogen and oxygen atoms in total. The average molecular weight is 214 g/mol. The van der Waals surface area contributed by atoms with Crippen molar-refractivity contribution in [3.05, 3.63) is 52.1 Å². The second-order valence-electron chi connectivity index (χ2n) is 3.49. The van der Waals surface area contributed by atoms with Crippen molar-refractivity contribution >= 4 is 6.29 Å². The molecular formula is C12H10N2O2. The maximum Gasteiger partial charge on any atom is 0.345 e. The number of carbonyl (C=O) groups excluding carboxylic acids is 1. The quantitative estimate of drug-likeness (QED) is 0.771. The first-order chi connectivity index (χ1) is 7.69. The average Bonchev–Trinajstić information content (AvgIpc) is 2.28.